The van der Waals surface area contributed by atoms with Crippen LogP contribution in [0.25, 0.3) is 0 Å². The minimum Gasteiger partial charge on any atom is -0.492 e. The van der Waals surface area contributed by atoms with Crippen molar-refractivity contribution in [2.75, 3.05) is 6.61 Å². The van der Waals surface area contributed by atoms with Crippen LogP contribution >= 0.6 is 0 Å². The van der Waals surface area contributed by atoms with E-state index in [9.17, 15) is 5.02 Å². The van der Waals surface area contributed by atoms with E-state index in [1.165, 1.54) is 0 Å². The van der Waals surface area contributed by atoms with E-state index >= 15 is 0 Å². The van der Waals surface area contributed by atoms with Crippen LogP contribution in [0.4, 0.5) is 0 Å². The molecule has 1 heterocycles. The van der Waals surface area contributed by atoms with Gasteiger partial charge in [0.1, 0.15) is 23.3 Å². The maximum Gasteiger partial charge on any atom is 0.491 e. The number of benzene rings is 2. The van der Waals surface area contributed by atoms with Gasteiger partial charge in [0.25, 0.3) is 0 Å². The summed E-state index contributed by atoms with van der Waals surface area (Å²) in [5.41, 5.74) is 2.14. The molecule has 110 valence electrons. The molecule has 6 heteroatoms. The molecule has 3 rings (SSSR count). The highest BCUT2D eigenvalue weighted by atomic mass is 16.5. The number of nitriles is 1. The van der Waals surface area contributed by atoms with Crippen LogP contribution in [0.5, 0.6) is 17.2 Å². The highest BCUT2D eigenvalue weighted by molar-refractivity contribution is 6.61. The minimum absolute atomic E-state index is 0.366. The fourth-order valence-electron chi connectivity index (χ4n) is 2.34. The first-order chi connectivity index (χ1) is 10.7. The van der Waals surface area contributed by atoms with E-state index < -0.39 is 7.12 Å². The van der Waals surface area contributed by atoms with Crippen molar-refractivity contribution in [1.29, 1.82) is 5.26 Å². The van der Waals surface area contributed by atoms with E-state index in [4.69, 9.17) is 19.4 Å². The van der Waals surface area contributed by atoms with Gasteiger partial charge in [-0.25, -0.2) is 0 Å². The summed E-state index contributed by atoms with van der Waals surface area (Å²) < 4.78 is 16.4. The smallest absolute Gasteiger partial charge is 0.491 e. The molecule has 0 aromatic heterocycles. The molecule has 0 aliphatic carbocycles. The fraction of sp³-hybridized carbons (Fsp3) is 0.188. The Kier molecular flexibility index (Phi) is 4.01. The molecule has 0 amide bonds. The molecule has 1 aliphatic heterocycles. The van der Waals surface area contributed by atoms with Crippen LogP contribution in [0.3, 0.4) is 0 Å². The van der Waals surface area contributed by atoms with E-state index in [1.807, 2.05) is 13.0 Å². The Morgan fingerprint density at radius 3 is 2.82 bits per heavy atom. The van der Waals surface area contributed by atoms with Crippen molar-refractivity contribution >= 4 is 12.6 Å². The topological polar surface area (TPSA) is 71.7 Å². The van der Waals surface area contributed by atoms with Crippen LogP contribution in [0.1, 0.15) is 18.1 Å². The molecule has 5 nitrogen and oxygen atoms in total. The van der Waals surface area contributed by atoms with Crippen molar-refractivity contribution in [3.8, 4) is 23.3 Å². The maximum atomic E-state index is 9.60. The molecule has 0 spiro atoms. The first-order valence-electron chi connectivity index (χ1n) is 6.98. The predicted octanol–water partition coefficient (Wildman–Crippen LogP) is 1.97. The highest BCUT2D eigenvalue weighted by Crippen LogP contribution is 2.29. The molecular weight excluding hydrogens is 281 g/mol. The molecule has 0 fully saturated rings. The van der Waals surface area contributed by atoms with Gasteiger partial charge in [-0.1, -0.05) is 6.07 Å². The zero-order valence-corrected chi connectivity index (χ0v) is 12.1. The third kappa shape index (κ3) is 2.77. The van der Waals surface area contributed by atoms with Gasteiger partial charge in [0.2, 0.25) is 0 Å². The van der Waals surface area contributed by atoms with Crippen LogP contribution in [-0.4, -0.2) is 18.7 Å². The van der Waals surface area contributed by atoms with Crippen LogP contribution < -0.4 is 14.9 Å². The van der Waals surface area contributed by atoms with Crippen molar-refractivity contribution in [2.24, 2.45) is 0 Å². The summed E-state index contributed by atoms with van der Waals surface area (Å²) in [6.45, 7) is 2.71. The van der Waals surface area contributed by atoms with Gasteiger partial charge in [0.15, 0.2) is 0 Å². The summed E-state index contributed by atoms with van der Waals surface area (Å²) in [6.07, 6.45) is 0. The average Bonchev–Trinajstić information content (AvgIpc) is 2.89. The lowest BCUT2D eigenvalue weighted by atomic mass is 9.80. The van der Waals surface area contributed by atoms with E-state index in [0.29, 0.717) is 36.0 Å². The summed E-state index contributed by atoms with van der Waals surface area (Å²) >= 11 is 0. The third-order valence-corrected chi connectivity index (χ3v) is 3.39. The predicted molar refractivity (Wildman–Crippen MR) is 81.2 cm³/mol. The van der Waals surface area contributed by atoms with Gasteiger partial charge in [-0.05, 0) is 42.2 Å². The fourth-order valence-corrected chi connectivity index (χ4v) is 2.34. The molecule has 1 aliphatic rings. The van der Waals surface area contributed by atoms with E-state index in [0.717, 1.165) is 11.0 Å². The van der Waals surface area contributed by atoms with Crippen molar-refractivity contribution in [3.05, 3.63) is 47.5 Å². The summed E-state index contributed by atoms with van der Waals surface area (Å²) in [4.78, 5) is 0. The molecule has 1 N–H and O–H groups in total. The normalized spacial score (nSPS) is 12.7. The minimum atomic E-state index is -0.858. The number of rotatable bonds is 4. The third-order valence-electron chi connectivity index (χ3n) is 3.39. The molecule has 22 heavy (non-hydrogen) atoms. The van der Waals surface area contributed by atoms with Crippen LogP contribution in [0.2, 0.25) is 0 Å². The van der Waals surface area contributed by atoms with Gasteiger partial charge in [-0.3, -0.25) is 0 Å². The highest BCUT2D eigenvalue weighted by Gasteiger charge is 2.27. The quantitative estimate of drug-likeness (QED) is 0.873. The zero-order valence-electron chi connectivity index (χ0n) is 12.1. The number of ether oxygens (including phenoxy) is 2. The van der Waals surface area contributed by atoms with E-state index in [1.54, 1.807) is 30.3 Å². The maximum absolute atomic E-state index is 9.60. The average molecular weight is 295 g/mol. The first-order valence-corrected chi connectivity index (χ1v) is 6.98. The van der Waals surface area contributed by atoms with E-state index in [2.05, 4.69) is 6.07 Å². The molecule has 0 bridgehead atoms. The van der Waals surface area contributed by atoms with Gasteiger partial charge in [0, 0.05) is 6.07 Å². The van der Waals surface area contributed by atoms with Crippen molar-refractivity contribution in [1.82, 2.24) is 0 Å². The van der Waals surface area contributed by atoms with Gasteiger partial charge in [0.05, 0.1) is 18.8 Å². The van der Waals surface area contributed by atoms with Gasteiger partial charge in [-0.15, -0.1) is 0 Å². The van der Waals surface area contributed by atoms with E-state index in [-0.39, 0.29) is 0 Å². The van der Waals surface area contributed by atoms with Gasteiger partial charge >= 0.3 is 7.12 Å². The largest absolute Gasteiger partial charge is 0.492 e. The van der Waals surface area contributed by atoms with Gasteiger partial charge in [-0.2, -0.15) is 5.26 Å². The van der Waals surface area contributed by atoms with Gasteiger partial charge < -0.3 is 19.2 Å². The molecule has 0 saturated heterocycles. The Morgan fingerprint density at radius 1 is 1.27 bits per heavy atom. The van der Waals surface area contributed by atoms with Crippen LogP contribution in [0.15, 0.2) is 36.4 Å². The summed E-state index contributed by atoms with van der Waals surface area (Å²) in [5.74, 6) is 1.73. The first kappa shape index (κ1) is 14.5. The Hall–Kier alpha value is -2.49. The molecule has 2 aromatic rings. The van der Waals surface area contributed by atoms with Crippen molar-refractivity contribution < 1.29 is 19.2 Å². The number of nitrogens with zero attached hydrogens (tertiary/aromatic N) is 1. The second-order valence-electron chi connectivity index (χ2n) is 4.83. The monoisotopic (exact) mass is 295 g/mol. The Bertz CT molecular complexity index is 741. The number of hydrogen-bond donors (Lipinski definition) is 1. The summed E-state index contributed by atoms with van der Waals surface area (Å²) in [6, 6.07) is 12.6. The lowest BCUT2D eigenvalue weighted by molar-refractivity contribution is 0.275. The number of hydrogen-bond acceptors (Lipinski definition) is 5. The SMILES string of the molecule is CCOc1cc(Oc2ccc3c(c2)COB3O)ccc1C#N. The van der Waals surface area contributed by atoms with Crippen molar-refractivity contribution in [2.45, 2.75) is 13.5 Å². The Balaban J connectivity index is 1.84. The Morgan fingerprint density at radius 2 is 2.05 bits per heavy atom. The Labute approximate surface area is 128 Å². The number of fused-ring (bicyclic) bond motifs is 1. The molecule has 2 aromatic carbocycles. The second-order valence-corrected chi connectivity index (χ2v) is 4.83. The van der Waals surface area contributed by atoms with Crippen LogP contribution in [0, 0.1) is 11.3 Å². The molecule has 0 radical (unpaired) electrons. The molecule has 0 unspecified atom stereocenters. The lowest BCUT2D eigenvalue weighted by Crippen LogP contribution is -2.27. The molecule has 0 atom stereocenters. The summed E-state index contributed by atoms with van der Waals surface area (Å²) in [5, 5.41) is 18.7. The summed E-state index contributed by atoms with van der Waals surface area (Å²) in [7, 11) is -0.858. The molecule has 0 saturated carbocycles. The second kappa shape index (κ2) is 6.10. The van der Waals surface area contributed by atoms with Crippen LogP contribution in [-0.2, 0) is 11.3 Å². The molecular formula is C16H14BNO4. The van der Waals surface area contributed by atoms with Crippen molar-refractivity contribution in [3.63, 3.8) is 0 Å². The standard InChI is InChI=1S/C16H14BNO4/c1-2-20-16-8-14(4-3-11(16)9-18)22-13-5-6-15-12(7-13)10-21-17(15)19/h3-8,19H,2,10H2,1H3. The lowest BCUT2D eigenvalue weighted by Gasteiger charge is -2.10. The zero-order chi connectivity index (χ0) is 15.5.